The van der Waals surface area contributed by atoms with Gasteiger partial charge in [-0.3, -0.25) is 4.79 Å². The Morgan fingerprint density at radius 2 is 1.83 bits per heavy atom. The Kier molecular flexibility index (Phi) is 3.98. The molecule has 2 aromatic carbocycles. The van der Waals surface area contributed by atoms with Gasteiger partial charge < -0.3 is 9.30 Å². The first-order valence-corrected chi connectivity index (χ1v) is 7.38. The molecule has 0 fully saturated rings. The van der Waals surface area contributed by atoms with E-state index in [-0.39, 0.29) is 5.56 Å². The Balaban J connectivity index is 2.08. The molecule has 3 rings (SSSR count). The third-order valence-electron chi connectivity index (χ3n) is 3.91. The first kappa shape index (κ1) is 15.0. The molecule has 23 heavy (non-hydrogen) atoms. The molecule has 0 saturated heterocycles. The Morgan fingerprint density at radius 1 is 1.13 bits per heavy atom. The van der Waals surface area contributed by atoms with E-state index in [0.717, 1.165) is 27.9 Å². The van der Waals surface area contributed by atoms with Crippen molar-refractivity contribution < 1.29 is 4.74 Å². The van der Waals surface area contributed by atoms with E-state index in [1.54, 1.807) is 18.7 Å². The lowest BCUT2D eigenvalue weighted by atomic mass is 10.1. The minimum atomic E-state index is -0.100. The lowest BCUT2D eigenvalue weighted by Gasteiger charge is -2.07. The summed E-state index contributed by atoms with van der Waals surface area (Å²) < 4.78 is 6.80. The zero-order valence-electron chi connectivity index (χ0n) is 13.4. The largest absolute Gasteiger partial charge is 0.497 e. The van der Waals surface area contributed by atoms with Crippen LogP contribution in [0.2, 0.25) is 0 Å². The van der Waals surface area contributed by atoms with Crippen LogP contribution in [0.4, 0.5) is 0 Å². The quantitative estimate of drug-likeness (QED) is 0.744. The van der Waals surface area contributed by atoms with Crippen LogP contribution < -0.4 is 10.3 Å². The van der Waals surface area contributed by atoms with Gasteiger partial charge in [0.1, 0.15) is 11.4 Å². The van der Waals surface area contributed by atoms with Crippen LogP contribution >= 0.6 is 0 Å². The zero-order valence-corrected chi connectivity index (χ0v) is 13.4. The molecule has 1 heterocycles. The number of para-hydroxylation sites is 2. The van der Waals surface area contributed by atoms with Crippen molar-refractivity contribution in [3.63, 3.8) is 0 Å². The molecule has 0 N–H and O–H groups in total. The van der Waals surface area contributed by atoms with Gasteiger partial charge in [0.2, 0.25) is 0 Å². The van der Waals surface area contributed by atoms with E-state index in [0.29, 0.717) is 5.69 Å². The average Bonchev–Trinajstić information content (AvgIpc) is 2.59. The fourth-order valence-electron chi connectivity index (χ4n) is 2.54. The number of nitrogens with zero attached hydrogens (tertiary/aromatic N) is 2. The summed E-state index contributed by atoms with van der Waals surface area (Å²) in [5.41, 5.74) is 3.99. The maximum absolute atomic E-state index is 12.5. The van der Waals surface area contributed by atoms with Gasteiger partial charge in [-0.05, 0) is 48.4 Å². The average molecular weight is 306 g/mol. The van der Waals surface area contributed by atoms with Crippen molar-refractivity contribution in [2.45, 2.75) is 6.92 Å². The highest BCUT2D eigenvalue weighted by atomic mass is 16.5. The second-order valence-electron chi connectivity index (χ2n) is 5.41. The Bertz CT molecular complexity index is 938. The van der Waals surface area contributed by atoms with E-state index in [4.69, 9.17) is 4.74 Å². The van der Waals surface area contributed by atoms with E-state index in [1.165, 1.54) is 0 Å². The number of aromatic nitrogens is 2. The minimum Gasteiger partial charge on any atom is -0.497 e. The molecule has 0 aliphatic rings. The zero-order chi connectivity index (χ0) is 16.4. The molecule has 0 bridgehead atoms. The molecule has 1 aromatic heterocycles. The second-order valence-corrected chi connectivity index (χ2v) is 5.41. The number of benzene rings is 2. The van der Waals surface area contributed by atoms with Crippen LogP contribution in [-0.4, -0.2) is 16.7 Å². The third-order valence-corrected chi connectivity index (χ3v) is 3.91. The molecule has 0 atom stereocenters. The van der Waals surface area contributed by atoms with Crippen LogP contribution in [0.15, 0.2) is 53.3 Å². The Hall–Kier alpha value is -2.88. The molecule has 116 valence electrons. The highest BCUT2D eigenvalue weighted by molar-refractivity contribution is 5.82. The molecule has 0 radical (unpaired) electrons. The van der Waals surface area contributed by atoms with Crippen LogP contribution in [0.25, 0.3) is 22.7 Å². The summed E-state index contributed by atoms with van der Waals surface area (Å²) in [7, 11) is 3.41. The van der Waals surface area contributed by atoms with Gasteiger partial charge in [0.15, 0.2) is 0 Å². The molecule has 0 saturated carbocycles. The minimum absolute atomic E-state index is 0.100. The predicted octanol–water partition coefficient (Wildman–Crippen LogP) is 3.50. The second kappa shape index (κ2) is 6.08. The lowest BCUT2D eigenvalue weighted by Crippen LogP contribution is -2.21. The van der Waals surface area contributed by atoms with E-state index >= 15 is 0 Å². The van der Waals surface area contributed by atoms with Gasteiger partial charge in [0, 0.05) is 7.05 Å². The summed E-state index contributed by atoms with van der Waals surface area (Å²) >= 11 is 0. The van der Waals surface area contributed by atoms with Gasteiger partial charge in [-0.2, -0.15) is 0 Å². The van der Waals surface area contributed by atoms with Gasteiger partial charge in [-0.25, -0.2) is 4.98 Å². The van der Waals surface area contributed by atoms with Crippen molar-refractivity contribution >= 4 is 22.7 Å². The Labute approximate surface area is 134 Å². The van der Waals surface area contributed by atoms with Crippen molar-refractivity contribution in [2.24, 2.45) is 7.05 Å². The Morgan fingerprint density at radius 3 is 2.52 bits per heavy atom. The first-order chi connectivity index (χ1) is 11.1. The number of fused-ring (bicyclic) bond motifs is 1. The van der Waals surface area contributed by atoms with Crippen LogP contribution in [-0.2, 0) is 7.05 Å². The monoisotopic (exact) mass is 306 g/mol. The molecular weight excluding hydrogens is 288 g/mol. The molecule has 0 aliphatic carbocycles. The molecule has 0 amide bonds. The standard InChI is InChI=1S/C19H18N2O2/c1-13(14-8-10-15(23-3)11-9-14)12-17-19(22)21(2)18-7-5-4-6-16(18)20-17/h4-12H,1-3H3. The fourth-order valence-corrected chi connectivity index (χ4v) is 2.54. The van der Waals surface area contributed by atoms with Crippen LogP contribution in [0.5, 0.6) is 5.75 Å². The number of rotatable bonds is 3. The van der Waals surface area contributed by atoms with Gasteiger partial charge in [-0.1, -0.05) is 24.3 Å². The predicted molar refractivity (Wildman–Crippen MR) is 93.5 cm³/mol. The highest BCUT2D eigenvalue weighted by Crippen LogP contribution is 2.20. The molecule has 0 unspecified atom stereocenters. The first-order valence-electron chi connectivity index (χ1n) is 7.38. The molecular formula is C19H18N2O2. The van der Waals surface area contributed by atoms with Crippen LogP contribution in [0.3, 0.4) is 0 Å². The van der Waals surface area contributed by atoms with Crippen molar-refractivity contribution in [1.82, 2.24) is 9.55 Å². The molecule has 4 nitrogen and oxygen atoms in total. The molecule has 0 spiro atoms. The van der Waals surface area contributed by atoms with Crippen molar-refractivity contribution in [3.8, 4) is 5.75 Å². The summed E-state index contributed by atoms with van der Waals surface area (Å²) in [5.74, 6) is 0.807. The number of hydrogen-bond acceptors (Lipinski definition) is 3. The number of methoxy groups -OCH3 is 1. The lowest BCUT2D eigenvalue weighted by molar-refractivity contribution is 0.415. The summed E-state index contributed by atoms with van der Waals surface area (Å²) in [4.78, 5) is 17.0. The summed E-state index contributed by atoms with van der Waals surface area (Å²) in [6, 6.07) is 15.4. The normalized spacial score (nSPS) is 11.7. The topological polar surface area (TPSA) is 44.1 Å². The van der Waals surface area contributed by atoms with E-state index in [2.05, 4.69) is 4.98 Å². The van der Waals surface area contributed by atoms with E-state index in [1.807, 2.05) is 61.5 Å². The van der Waals surface area contributed by atoms with E-state index in [9.17, 15) is 4.79 Å². The summed E-state index contributed by atoms with van der Waals surface area (Å²) in [6.45, 7) is 1.97. The van der Waals surface area contributed by atoms with Crippen molar-refractivity contribution in [2.75, 3.05) is 7.11 Å². The van der Waals surface area contributed by atoms with Gasteiger partial charge in [0.25, 0.3) is 5.56 Å². The third kappa shape index (κ3) is 2.88. The number of ether oxygens (including phenoxy) is 1. The van der Waals surface area contributed by atoms with Crippen LogP contribution in [0, 0.1) is 0 Å². The smallest absolute Gasteiger partial charge is 0.276 e. The maximum atomic E-state index is 12.5. The van der Waals surface area contributed by atoms with Crippen LogP contribution in [0.1, 0.15) is 18.2 Å². The van der Waals surface area contributed by atoms with Gasteiger partial charge >= 0.3 is 0 Å². The van der Waals surface area contributed by atoms with Crippen molar-refractivity contribution in [3.05, 3.63) is 70.1 Å². The maximum Gasteiger partial charge on any atom is 0.276 e. The molecule has 4 heteroatoms. The van der Waals surface area contributed by atoms with Gasteiger partial charge in [-0.15, -0.1) is 0 Å². The molecule has 0 aliphatic heterocycles. The number of hydrogen-bond donors (Lipinski definition) is 0. The number of allylic oxidation sites excluding steroid dienone is 1. The number of aryl methyl sites for hydroxylation is 1. The van der Waals surface area contributed by atoms with Gasteiger partial charge in [0.05, 0.1) is 18.1 Å². The van der Waals surface area contributed by atoms with E-state index < -0.39 is 0 Å². The summed E-state index contributed by atoms with van der Waals surface area (Å²) in [6.07, 6.45) is 1.83. The highest BCUT2D eigenvalue weighted by Gasteiger charge is 2.07. The SMILES string of the molecule is COc1ccc(C(C)=Cc2nc3ccccc3n(C)c2=O)cc1. The van der Waals surface area contributed by atoms with Crippen molar-refractivity contribution in [1.29, 1.82) is 0 Å². The molecule has 3 aromatic rings. The summed E-state index contributed by atoms with van der Waals surface area (Å²) in [5, 5.41) is 0. The fraction of sp³-hybridized carbons (Fsp3) is 0.158.